The average Bonchev–Trinajstić information content (AvgIpc) is 2.58. The Balaban J connectivity index is 2.17. The van der Waals surface area contributed by atoms with Crippen LogP contribution in [-0.4, -0.2) is 26.1 Å². The number of alkyl halides is 3. The van der Waals surface area contributed by atoms with Gasteiger partial charge in [0.15, 0.2) is 9.84 Å². The molecule has 0 aliphatic carbocycles. The molecule has 0 amide bonds. The van der Waals surface area contributed by atoms with Crippen LogP contribution in [0, 0.1) is 10.1 Å². The van der Waals surface area contributed by atoms with Gasteiger partial charge in [-0.05, 0) is 35.7 Å². The van der Waals surface area contributed by atoms with E-state index < -0.39 is 32.2 Å². The van der Waals surface area contributed by atoms with Crippen LogP contribution in [0.2, 0.25) is 0 Å². The van der Waals surface area contributed by atoms with Crippen molar-refractivity contribution in [3.63, 3.8) is 0 Å². The molecule has 0 heterocycles. The molecule has 27 heavy (non-hydrogen) atoms. The Morgan fingerprint density at radius 1 is 1.15 bits per heavy atom. The minimum Gasteiger partial charge on any atom is -0.379 e. The van der Waals surface area contributed by atoms with Crippen LogP contribution >= 0.6 is 0 Å². The fourth-order valence-corrected chi connectivity index (χ4v) is 3.07. The first-order valence-corrected chi connectivity index (χ1v) is 9.68. The summed E-state index contributed by atoms with van der Waals surface area (Å²) in [5.41, 5.74) is -0.381. The molecule has 0 fully saturated rings. The van der Waals surface area contributed by atoms with Crippen molar-refractivity contribution in [3.05, 3.63) is 63.7 Å². The number of sulfone groups is 1. The Kier molecular flexibility index (Phi) is 5.79. The second-order valence-corrected chi connectivity index (χ2v) is 8.13. The van der Waals surface area contributed by atoms with Crippen molar-refractivity contribution >= 4 is 21.2 Å². The number of halogens is 3. The van der Waals surface area contributed by atoms with Crippen LogP contribution in [0.1, 0.15) is 24.0 Å². The predicted molar refractivity (Wildman–Crippen MR) is 94.6 cm³/mol. The normalized spacial score (nSPS) is 13.2. The number of anilines is 1. The van der Waals surface area contributed by atoms with Gasteiger partial charge in [-0.25, -0.2) is 8.42 Å². The highest BCUT2D eigenvalue weighted by Crippen LogP contribution is 2.31. The van der Waals surface area contributed by atoms with Gasteiger partial charge >= 0.3 is 6.18 Å². The lowest BCUT2D eigenvalue weighted by Crippen LogP contribution is -2.12. The van der Waals surface area contributed by atoms with Crippen LogP contribution in [0.3, 0.4) is 0 Å². The van der Waals surface area contributed by atoms with Crippen LogP contribution in [0.15, 0.2) is 47.4 Å². The molecule has 0 bridgehead atoms. The summed E-state index contributed by atoms with van der Waals surface area (Å²) >= 11 is 0. The summed E-state index contributed by atoms with van der Waals surface area (Å²) in [6.07, 6.45) is -3.46. The number of rotatable bonds is 6. The van der Waals surface area contributed by atoms with E-state index in [1.807, 2.05) is 0 Å². The minimum atomic E-state index is -4.41. The Morgan fingerprint density at radius 2 is 1.74 bits per heavy atom. The van der Waals surface area contributed by atoms with E-state index in [4.69, 9.17) is 0 Å². The molecular weight excluding hydrogens is 385 g/mol. The summed E-state index contributed by atoms with van der Waals surface area (Å²) in [5.74, 6) is -0.235. The van der Waals surface area contributed by atoms with Gasteiger partial charge in [-0.1, -0.05) is 19.1 Å². The van der Waals surface area contributed by atoms with Crippen molar-refractivity contribution in [1.82, 2.24) is 0 Å². The first-order valence-electron chi connectivity index (χ1n) is 7.79. The quantitative estimate of drug-likeness (QED) is 0.577. The zero-order chi connectivity index (χ0) is 20.4. The van der Waals surface area contributed by atoms with Gasteiger partial charge in [-0.2, -0.15) is 13.2 Å². The fourth-order valence-electron chi connectivity index (χ4n) is 2.42. The first-order chi connectivity index (χ1) is 12.4. The SMILES string of the molecule is CC(CNc1ccc(S(C)(=O)=O)cc1[N+](=O)[O-])c1ccc(C(F)(F)F)cc1. The molecule has 0 aromatic heterocycles. The lowest BCUT2D eigenvalue weighted by molar-refractivity contribution is -0.384. The Hall–Kier alpha value is -2.62. The topological polar surface area (TPSA) is 89.3 Å². The molecule has 10 heteroatoms. The van der Waals surface area contributed by atoms with Crippen molar-refractivity contribution in [2.24, 2.45) is 0 Å². The van der Waals surface area contributed by atoms with Gasteiger partial charge in [0.2, 0.25) is 0 Å². The number of benzene rings is 2. The van der Waals surface area contributed by atoms with Crippen molar-refractivity contribution in [2.45, 2.75) is 23.9 Å². The van der Waals surface area contributed by atoms with Gasteiger partial charge in [0, 0.05) is 18.9 Å². The van der Waals surface area contributed by atoms with Crippen LogP contribution < -0.4 is 5.32 Å². The Morgan fingerprint density at radius 3 is 2.22 bits per heavy atom. The van der Waals surface area contributed by atoms with Crippen molar-refractivity contribution in [3.8, 4) is 0 Å². The van der Waals surface area contributed by atoms with Gasteiger partial charge in [0.05, 0.1) is 15.4 Å². The lowest BCUT2D eigenvalue weighted by Gasteiger charge is -2.15. The molecule has 146 valence electrons. The van der Waals surface area contributed by atoms with E-state index in [9.17, 15) is 31.7 Å². The van der Waals surface area contributed by atoms with Crippen molar-refractivity contribution in [1.29, 1.82) is 0 Å². The number of nitro benzene ring substituents is 1. The second kappa shape index (κ2) is 7.55. The Labute approximate surface area is 154 Å². The van der Waals surface area contributed by atoms with Crippen LogP contribution in [0.4, 0.5) is 24.5 Å². The second-order valence-electron chi connectivity index (χ2n) is 6.11. The predicted octanol–water partition coefficient (Wildman–Crippen LogP) is 4.23. The highest BCUT2D eigenvalue weighted by Gasteiger charge is 2.30. The number of nitro groups is 1. The molecule has 0 saturated heterocycles. The molecule has 2 aromatic carbocycles. The maximum Gasteiger partial charge on any atom is 0.416 e. The molecule has 1 unspecified atom stereocenters. The highest BCUT2D eigenvalue weighted by molar-refractivity contribution is 7.90. The molecule has 2 rings (SSSR count). The van der Waals surface area contributed by atoms with E-state index in [-0.39, 0.29) is 23.0 Å². The molecule has 1 atom stereocenters. The molecule has 2 aromatic rings. The standard InChI is InChI=1S/C17H17F3N2O4S/c1-11(12-3-5-13(6-4-12)17(18,19)20)10-21-15-8-7-14(27(2,25)26)9-16(15)22(23)24/h3-9,11,21H,10H2,1-2H3. The number of nitrogens with one attached hydrogen (secondary N) is 1. The Bertz CT molecular complexity index is 942. The summed E-state index contributed by atoms with van der Waals surface area (Å²) < 4.78 is 60.9. The van der Waals surface area contributed by atoms with E-state index >= 15 is 0 Å². The van der Waals surface area contributed by atoms with Gasteiger partial charge in [-0.15, -0.1) is 0 Å². The summed E-state index contributed by atoms with van der Waals surface area (Å²) in [6.45, 7) is 1.97. The van der Waals surface area contributed by atoms with Gasteiger partial charge in [0.1, 0.15) is 5.69 Å². The summed E-state index contributed by atoms with van der Waals surface area (Å²) in [7, 11) is -3.59. The maximum atomic E-state index is 12.6. The van der Waals surface area contributed by atoms with Crippen LogP contribution in [-0.2, 0) is 16.0 Å². The third kappa shape index (κ3) is 5.19. The molecule has 0 radical (unpaired) electrons. The molecule has 0 aliphatic heterocycles. The molecular formula is C17H17F3N2O4S. The minimum absolute atomic E-state index is 0.131. The van der Waals surface area contributed by atoms with Gasteiger partial charge in [-0.3, -0.25) is 10.1 Å². The molecule has 1 N–H and O–H groups in total. The van der Waals surface area contributed by atoms with Gasteiger partial charge < -0.3 is 5.32 Å². The third-order valence-electron chi connectivity index (χ3n) is 4.00. The number of hydrogen-bond acceptors (Lipinski definition) is 5. The fraction of sp³-hybridized carbons (Fsp3) is 0.294. The summed E-state index contributed by atoms with van der Waals surface area (Å²) in [4.78, 5) is 10.3. The lowest BCUT2D eigenvalue weighted by atomic mass is 9.99. The van der Waals surface area contributed by atoms with Crippen LogP contribution in [0.5, 0.6) is 0 Å². The molecule has 6 nitrogen and oxygen atoms in total. The smallest absolute Gasteiger partial charge is 0.379 e. The van der Waals surface area contributed by atoms with E-state index in [2.05, 4.69) is 5.32 Å². The van der Waals surface area contributed by atoms with E-state index in [1.54, 1.807) is 6.92 Å². The maximum absolute atomic E-state index is 12.6. The van der Waals surface area contributed by atoms with E-state index in [0.717, 1.165) is 24.5 Å². The molecule has 0 saturated carbocycles. The monoisotopic (exact) mass is 402 g/mol. The first kappa shape index (κ1) is 20.7. The zero-order valence-electron chi connectivity index (χ0n) is 14.4. The molecule has 0 spiro atoms. The summed E-state index contributed by atoms with van der Waals surface area (Å²) in [6, 6.07) is 8.21. The van der Waals surface area contributed by atoms with E-state index in [0.29, 0.717) is 5.56 Å². The van der Waals surface area contributed by atoms with Gasteiger partial charge in [0.25, 0.3) is 5.69 Å². The average molecular weight is 402 g/mol. The molecule has 0 aliphatic rings. The largest absolute Gasteiger partial charge is 0.416 e. The number of hydrogen-bond donors (Lipinski definition) is 1. The van der Waals surface area contributed by atoms with Crippen molar-refractivity contribution < 1.29 is 26.5 Å². The third-order valence-corrected chi connectivity index (χ3v) is 5.11. The van der Waals surface area contributed by atoms with Crippen LogP contribution in [0.25, 0.3) is 0 Å². The number of nitrogens with zero attached hydrogens (tertiary/aromatic N) is 1. The highest BCUT2D eigenvalue weighted by atomic mass is 32.2. The van der Waals surface area contributed by atoms with E-state index in [1.165, 1.54) is 24.3 Å². The summed E-state index contributed by atoms with van der Waals surface area (Å²) in [5, 5.41) is 14.1. The van der Waals surface area contributed by atoms with Crippen molar-refractivity contribution in [2.75, 3.05) is 18.1 Å². The zero-order valence-corrected chi connectivity index (χ0v) is 15.3.